The van der Waals surface area contributed by atoms with Crippen molar-refractivity contribution in [3.63, 3.8) is 0 Å². The molecule has 1 atom stereocenters. The minimum absolute atomic E-state index is 0.0874. The summed E-state index contributed by atoms with van der Waals surface area (Å²) in [6.07, 6.45) is 0. The number of halogens is 1. The van der Waals surface area contributed by atoms with E-state index in [4.69, 9.17) is 10.5 Å². The molecule has 0 saturated carbocycles. The second kappa shape index (κ2) is 6.32. The molecule has 5 nitrogen and oxygen atoms in total. The van der Waals surface area contributed by atoms with Crippen LogP contribution in [0.4, 0.5) is 10.1 Å². The van der Waals surface area contributed by atoms with Crippen LogP contribution in [0.2, 0.25) is 0 Å². The van der Waals surface area contributed by atoms with E-state index in [1.807, 2.05) is 13.0 Å². The Morgan fingerprint density at radius 2 is 2.05 bits per heavy atom. The van der Waals surface area contributed by atoms with E-state index in [0.29, 0.717) is 5.75 Å². The highest BCUT2D eigenvalue weighted by Gasteiger charge is 2.17. The van der Waals surface area contributed by atoms with Crippen LogP contribution in [0.15, 0.2) is 42.5 Å². The monoisotopic (exact) mass is 290 g/mol. The summed E-state index contributed by atoms with van der Waals surface area (Å²) in [6, 6.07) is 11.0. The first-order valence-corrected chi connectivity index (χ1v) is 6.39. The van der Waals surface area contributed by atoms with Crippen molar-refractivity contribution in [2.75, 3.05) is 0 Å². The van der Waals surface area contributed by atoms with E-state index in [-0.39, 0.29) is 18.2 Å². The third kappa shape index (κ3) is 3.55. The maximum atomic E-state index is 13.9. The molecule has 0 fully saturated rings. The van der Waals surface area contributed by atoms with E-state index in [1.54, 1.807) is 18.2 Å². The summed E-state index contributed by atoms with van der Waals surface area (Å²) in [5.41, 5.74) is 6.25. The van der Waals surface area contributed by atoms with Crippen LogP contribution in [0.3, 0.4) is 0 Å². The molecule has 2 aromatic carbocycles. The molecule has 110 valence electrons. The SMILES string of the molecule is CC(N)c1cccc(OCc2cccc([N+](=O)[O-])c2F)c1. The zero-order valence-electron chi connectivity index (χ0n) is 11.5. The van der Waals surface area contributed by atoms with Gasteiger partial charge >= 0.3 is 5.69 Å². The van der Waals surface area contributed by atoms with Gasteiger partial charge in [-0.25, -0.2) is 0 Å². The standard InChI is InChI=1S/C15H15FN2O3/c1-10(17)11-4-2-6-13(8-11)21-9-12-5-3-7-14(15(12)16)18(19)20/h2-8,10H,9,17H2,1H3. The van der Waals surface area contributed by atoms with E-state index < -0.39 is 16.4 Å². The fraction of sp³-hybridized carbons (Fsp3) is 0.200. The predicted molar refractivity (Wildman–Crippen MR) is 76.4 cm³/mol. The Morgan fingerprint density at radius 1 is 1.33 bits per heavy atom. The lowest BCUT2D eigenvalue weighted by atomic mass is 10.1. The number of rotatable bonds is 5. The predicted octanol–water partition coefficient (Wildman–Crippen LogP) is 3.33. The molecule has 0 amide bonds. The number of nitro benzene ring substituents is 1. The van der Waals surface area contributed by atoms with E-state index in [1.165, 1.54) is 12.1 Å². The zero-order chi connectivity index (χ0) is 15.4. The second-order valence-corrected chi connectivity index (χ2v) is 4.66. The molecule has 0 radical (unpaired) electrons. The fourth-order valence-electron chi connectivity index (χ4n) is 1.87. The Kier molecular flexibility index (Phi) is 4.49. The number of nitrogens with two attached hydrogens (primary N) is 1. The van der Waals surface area contributed by atoms with Gasteiger partial charge in [0.2, 0.25) is 5.82 Å². The van der Waals surface area contributed by atoms with E-state index in [9.17, 15) is 14.5 Å². The molecule has 21 heavy (non-hydrogen) atoms. The van der Waals surface area contributed by atoms with Gasteiger partial charge in [0.1, 0.15) is 12.4 Å². The third-order valence-corrected chi connectivity index (χ3v) is 3.03. The van der Waals surface area contributed by atoms with Gasteiger partial charge in [0.15, 0.2) is 0 Å². The summed E-state index contributed by atoms with van der Waals surface area (Å²) < 4.78 is 19.4. The quantitative estimate of drug-likeness (QED) is 0.676. The van der Waals surface area contributed by atoms with Crippen molar-refractivity contribution >= 4 is 5.69 Å². The number of benzene rings is 2. The van der Waals surface area contributed by atoms with Gasteiger partial charge in [0.25, 0.3) is 0 Å². The molecular formula is C15H15FN2O3. The maximum Gasteiger partial charge on any atom is 0.305 e. The number of ether oxygens (including phenoxy) is 1. The summed E-state index contributed by atoms with van der Waals surface area (Å²) in [7, 11) is 0. The summed E-state index contributed by atoms with van der Waals surface area (Å²) in [5.74, 6) is -0.332. The van der Waals surface area contributed by atoms with Gasteiger partial charge in [-0.2, -0.15) is 4.39 Å². The molecule has 2 aromatic rings. The van der Waals surface area contributed by atoms with Crippen LogP contribution in [-0.4, -0.2) is 4.92 Å². The highest BCUT2D eigenvalue weighted by molar-refractivity contribution is 5.37. The molecule has 0 aromatic heterocycles. The van der Waals surface area contributed by atoms with Gasteiger partial charge in [-0.15, -0.1) is 0 Å². The van der Waals surface area contributed by atoms with Crippen LogP contribution < -0.4 is 10.5 Å². The fourth-order valence-corrected chi connectivity index (χ4v) is 1.87. The van der Waals surface area contributed by atoms with Crippen molar-refractivity contribution in [2.45, 2.75) is 19.6 Å². The minimum Gasteiger partial charge on any atom is -0.489 e. The molecular weight excluding hydrogens is 275 g/mol. The Bertz CT molecular complexity index is 659. The van der Waals surface area contributed by atoms with Crippen molar-refractivity contribution < 1.29 is 14.1 Å². The molecule has 0 aliphatic heterocycles. The molecule has 0 aliphatic carbocycles. The molecule has 0 saturated heterocycles. The lowest BCUT2D eigenvalue weighted by Gasteiger charge is -2.10. The normalized spacial score (nSPS) is 12.0. The number of nitrogens with zero attached hydrogens (tertiary/aromatic N) is 1. The average molecular weight is 290 g/mol. The van der Waals surface area contributed by atoms with Crippen molar-refractivity contribution in [3.8, 4) is 5.75 Å². The lowest BCUT2D eigenvalue weighted by Crippen LogP contribution is -2.05. The van der Waals surface area contributed by atoms with Crippen LogP contribution in [-0.2, 0) is 6.61 Å². The van der Waals surface area contributed by atoms with E-state index in [0.717, 1.165) is 11.6 Å². The lowest BCUT2D eigenvalue weighted by molar-refractivity contribution is -0.387. The average Bonchev–Trinajstić information content (AvgIpc) is 2.46. The zero-order valence-corrected chi connectivity index (χ0v) is 11.5. The summed E-state index contributed by atoms with van der Waals surface area (Å²) in [4.78, 5) is 9.92. The van der Waals surface area contributed by atoms with Gasteiger partial charge in [-0.3, -0.25) is 10.1 Å². The highest BCUT2D eigenvalue weighted by atomic mass is 19.1. The van der Waals surface area contributed by atoms with Gasteiger partial charge in [-0.05, 0) is 24.6 Å². The largest absolute Gasteiger partial charge is 0.489 e. The smallest absolute Gasteiger partial charge is 0.305 e. The van der Waals surface area contributed by atoms with Crippen molar-refractivity contribution in [3.05, 3.63) is 69.5 Å². The molecule has 0 spiro atoms. The molecule has 0 heterocycles. The van der Waals surface area contributed by atoms with Crippen LogP contribution in [0.25, 0.3) is 0 Å². The summed E-state index contributed by atoms with van der Waals surface area (Å²) in [6.45, 7) is 1.76. The van der Waals surface area contributed by atoms with E-state index >= 15 is 0 Å². The van der Waals surface area contributed by atoms with Crippen LogP contribution in [0.5, 0.6) is 5.75 Å². The first kappa shape index (κ1) is 14.9. The van der Waals surface area contributed by atoms with Gasteiger partial charge in [-0.1, -0.05) is 24.3 Å². The van der Waals surface area contributed by atoms with Crippen molar-refractivity contribution in [2.24, 2.45) is 5.73 Å². The third-order valence-electron chi connectivity index (χ3n) is 3.03. The molecule has 2 rings (SSSR count). The Hall–Kier alpha value is -2.47. The van der Waals surface area contributed by atoms with Gasteiger partial charge in [0.05, 0.1) is 4.92 Å². The maximum absolute atomic E-state index is 13.9. The Balaban J connectivity index is 2.15. The molecule has 0 aliphatic rings. The molecule has 2 N–H and O–H groups in total. The number of nitro groups is 1. The van der Waals surface area contributed by atoms with Crippen molar-refractivity contribution in [1.82, 2.24) is 0 Å². The molecule has 0 bridgehead atoms. The van der Waals surface area contributed by atoms with Crippen molar-refractivity contribution in [1.29, 1.82) is 0 Å². The van der Waals surface area contributed by atoms with Gasteiger partial charge < -0.3 is 10.5 Å². The second-order valence-electron chi connectivity index (χ2n) is 4.66. The molecule has 6 heteroatoms. The summed E-state index contributed by atoms with van der Waals surface area (Å²) >= 11 is 0. The topological polar surface area (TPSA) is 78.4 Å². The van der Waals surface area contributed by atoms with Gasteiger partial charge in [0, 0.05) is 17.7 Å². The van der Waals surface area contributed by atoms with Crippen LogP contribution >= 0.6 is 0 Å². The van der Waals surface area contributed by atoms with Crippen LogP contribution in [0, 0.1) is 15.9 Å². The van der Waals surface area contributed by atoms with E-state index in [2.05, 4.69) is 0 Å². The van der Waals surface area contributed by atoms with Crippen LogP contribution in [0.1, 0.15) is 24.1 Å². The first-order chi connectivity index (χ1) is 9.99. The Labute approximate surface area is 121 Å². The molecule has 1 unspecified atom stereocenters. The number of hydrogen-bond donors (Lipinski definition) is 1. The highest BCUT2D eigenvalue weighted by Crippen LogP contribution is 2.23. The Morgan fingerprint density at radius 3 is 2.71 bits per heavy atom. The minimum atomic E-state index is -0.870. The summed E-state index contributed by atoms with van der Waals surface area (Å²) in [5, 5.41) is 10.7. The number of hydrogen-bond acceptors (Lipinski definition) is 4. The first-order valence-electron chi connectivity index (χ1n) is 6.39.